The minimum Gasteiger partial charge on any atom is -0.262 e. The highest BCUT2D eigenvalue weighted by atomic mass is 79.9. The van der Waals surface area contributed by atoms with E-state index in [4.69, 9.17) is 34.8 Å². The zero-order valence-corrected chi connectivity index (χ0v) is 14.0. The molecule has 0 unspecified atom stereocenters. The molecule has 0 aliphatic heterocycles. The van der Waals surface area contributed by atoms with Gasteiger partial charge in [-0.1, -0.05) is 34.8 Å². The minimum absolute atomic E-state index is 0.0715. The topological polar surface area (TPSA) is 84.8 Å². The maximum absolute atomic E-state index is 12.2. The summed E-state index contributed by atoms with van der Waals surface area (Å²) in [7, 11) is -4.01. The summed E-state index contributed by atoms with van der Waals surface area (Å²) in [5.41, 5.74) is 0. The quantitative estimate of drug-likeness (QED) is 0.610. The van der Waals surface area contributed by atoms with Crippen LogP contribution in [-0.4, -0.2) is 23.4 Å². The fourth-order valence-corrected chi connectivity index (χ4v) is 3.49. The number of anilines is 1. The molecule has 20 heavy (non-hydrogen) atoms. The van der Waals surface area contributed by atoms with Gasteiger partial charge in [0, 0.05) is 10.7 Å². The van der Waals surface area contributed by atoms with Crippen LogP contribution in [0.15, 0.2) is 28.0 Å². The third-order valence-electron chi connectivity index (χ3n) is 2.04. The van der Waals surface area contributed by atoms with Crippen LogP contribution in [0.3, 0.4) is 0 Å². The van der Waals surface area contributed by atoms with Crippen LogP contribution >= 0.6 is 50.7 Å². The standard InChI is InChI=1S/C9H4BrCl3N4O2S/c10-4-1-5(7(12)14-2-4)20(18,19)17-9-6(11)8(13)15-3-16-9/h1-3H,(H,15,16,17). The first kappa shape index (κ1) is 15.7. The number of aromatic nitrogens is 3. The lowest BCUT2D eigenvalue weighted by atomic mass is 10.5. The first-order valence-corrected chi connectivity index (χ1v) is 8.22. The number of hydrogen-bond acceptors (Lipinski definition) is 5. The Balaban J connectivity index is 2.46. The van der Waals surface area contributed by atoms with Crippen molar-refractivity contribution in [3.63, 3.8) is 0 Å². The summed E-state index contributed by atoms with van der Waals surface area (Å²) in [4.78, 5) is 10.8. The monoisotopic (exact) mass is 416 g/mol. The Morgan fingerprint density at radius 2 is 1.80 bits per heavy atom. The summed E-state index contributed by atoms with van der Waals surface area (Å²) < 4.78 is 27.1. The maximum Gasteiger partial charge on any atom is 0.266 e. The zero-order chi connectivity index (χ0) is 14.9. The molecule has 106 valence electrons. The molecule has 0 aliphatic rings. The Hall–Kier alpha value is -0.670. The highest BCUT2D eigenvalue weighted by molar-refractivity contribution is 9.10. The van der Waals surface area contributed by atoms with Crippen LogP contribution in [-0.2, 0) is 10.0 Å². The van der Waals surface area contributed by atoms with Crippen LogP contribution in [0.1, 0.15) is 0 Å². The summed E-state index contributed by atoms with van der Waals surface area (Å²) in [6, 6.07) is 1.30. The molecule has 11 heteroatoms. The lowest BCUT2D eigenvalue weighted by Gasteiger charge is -2.09. The molecule has 0 radical (unpaired) electrons. The Bertz CT molecular complexity index is 772. The summed E-state index contributed by atoms with van der Waals surface area (Å²) >= 11 is 20.4. The lowest BCUT2D eigenvalue weighted by molar-refractivity contribution is 0.600. The van der Waals surface area contributed by atoms with Gasteiger partial charge in [-0.2, -0.15) is 0 Å². The number of halogens is 4. The van der Waals surface area contributed by atoms with Gasteiger partial charge in [0.1, 0.15) is 21.4 Å². The van der Waals surface area contributed by atoms with E-state index < -0.39 is 10.0 Å². The van der Waals surface area contributed by atoms with Crippen LogP contribution in [0.2, 0.25) is 15.3 Å². The summed E-state index contributed by atoms with van der Waals surface area (Å²) in [6.45, 7) is 0. The van der Waals surface area contributed by atoms with E-state index in [2.05, 4.69) is 35.6 Å². The second kappa shape index (κ2) is 5.98. The van der Waals surface area contributed by atoms with E-state index in [0.29, 0.717) is 4.47 Å². The van der Waals surface area contributed by atoms with Crippen molar-refractivity contribution in [1.82, 2.24) is 15.0 Å². The van der Waals surface area contributed by atoms with Crippen molar-refractivity contribution in [2.45, 2.75) is 4.90 Å². The van der Waals surface area contributed by atoms with Gasteiger partial charge in [0.2, 0.25) is 0 Å². The van der Waals surface area contributed by atoms with Gasteiger partial charge < -0.3 is 0 Å². The Morgan fingerprint density at radius 1 is 1.10 bits per heavy atom. The normalized spacial score (nSPS) is 11.4. The van der Waals surface area contributed by atoms with Gasteiger partial charge in [0.25, 0.3) is 10.0 Å². The van der Waals surface area contributed by atoms with Crippen molar-refractivity contribution < 1.29 is 8.42 Å². The highest BCUT2D eigenvalue weighted by Crippen LogP contribution is 2.29. The van der Waals surface area contributed by atoms with Gasteiger partial charge in [-0.05, 0) is 22.0 Å². The smallest absolute Gasteiger partial charge is 0.262 e. The number of hydrogen-bond donors (Lipinski definition) is 1. The van der Waals surface area contributed by atoms with E-state index in [1.54, 1.807) is 0 Å². The third kappa shape index (κ3) is 3.32. The van der Waals surface area contributed by atoms with Gasteiger partial charge in [-0.15, -0.1) is 0 Å². The van der Waals surface area contributed by atoms with Gasteiger partial charge in [-0.25, -0.2) is 23.4 Å². The summed E-state index contributed by atoms with van der Waals surface area (Å²) in [5, 5.41) is -0.369. The molecule has 2 aromatic heterocycles. The maximum atomic E-state index is 12.2. The second-order valence-corrected chi connectivity index (χ2v) is 7.04. The van der Waals surface area contributed by atoms with E-state index in [9.17, 15) is 8.42 Å². The molecule has 0 fully saturated rings. The summed E-state index contributed by atoms with van der Waals surface area (Å²) in [6.07, 6.45) is 2.45. The van der Waals surface area contributed by atoms with E-state index in [0.717, 1.165) is 6.33 Å². The highest BCUT2D eigenvalue weighted by Gasteiger charge is 2.22. The molecule has 2 heterocycles. The van der Waals surface area contributed by atoms with Crippen molar-refractivity contribution >= 4 is 66.6 Å². The number of sulfonamides is 1. The molecule has 0 aliphatic carbocycles. The van der Waals surface area contributed by atoms with Gasteiger partial charge in [-0.3, -0.25) is 4.72 Å². The van der Waals surface area contributed by atoms with Gasteiger partial charge >= 0.3 is 0 Å². The van der Waals surface area contributed by atoms with Crippen molar-refractivity contribution in [3.8, 4) is 0 Å². The molecule has 0 saturated heterocycles. The predicted octanol–water partition coefficient (Wildman–Crippen LogP) is 3.40. The zero-order valence-electron chi connectivity index (χ0n) is 9.31. The number of pyridine rings is 1. The molecule has 0 atom stereocenters. The number of nitrogens with one attached hydrogen (secondary N) is 1. The largest absolute Gasteiger partial charge is 0.266 e. The van der Waals surface area contributed by atoms with Crippen LogP contribution in [0.25, 0.3) is 0 Å². The average molecular weight is 418 g/mol. The third-order valence-corrected chi connectivity index (χ3v) is 4.98. The molecule has 2 aromatic rings. The number of rotatable bonds is 3. The van der Waals surface area contributed by atoms with E-state index in [-0.39, 0.29) is 26.0 Å². The van der Waals surface area contributed by atoms with Crippen molar-refractivity contribution in [2.24, 2.45) is 0 Å². The Kier molecular flexibility index (Phi) is 4.70. The van der Waals surface area contributed by atoms with Crippen LogP contribution in [0.5, 0.6) is 0 Å². The molecule has 6 nitrogen and oxygen atoms in total. The molecule has 0 amide bonds. The van der Waals surface area contributed by atoms with E-state index >= 15 is 0 Å². The molecule has 1 N–H and O–H groups in total. The molecule has 0 spiro atoms. The SMILES string of the molecule is O=S(=O)(Nc1ncnc(Cl)c1Cl)c1cc(Br)cnc1Cl. The molecular formula is C9H4BrCl3N4O2S. The van der Waals surface area contributed by atoms with E-state index in [1.165, 1.54) is 12.3 Å². The molecule has 2 rings (SSSR count). The minimum atomic E-state index is -4.01. The van der Waals surface area contributed by atoms with Crippen LogP contribution in [0, 0.1) is 0 Å². The first-order chi connectivity index (χ1) is 9.31. The summed E-state index contributed by atoms with van der Waals surface area (Å²) in [5.74, 6) is -0.150. The molecular weight excluding hydrogens is 414 g/mol. The Morgan fingerprint density at radius 3 is 2.50 bits per heavy atom. The molecule has 0 bridgehead atoms. The van der Waals surface area contributed by atoms with Gasteiger partial charge in [0.05, 0.1) is 0 Å². The fourth-order valence-electron chi connectivity index (χ4n) is 1.19. The fraction of sp³-hybridized carbons (Fsp3) is 0. The lowest BCUT2D eigenvalue weighted by Crippen LogP contribution is -2.15. The van der Waals surface area contributed by atoms with Gasteiger partial charge in [0.15, 0.2) is 11.0 Å². The molecule has 0 saturated carbocycles. The van der Waals surface area contributed by atoms with Crippen LogP contribution < -0.4 is 4.72 Å². The number of nitrogens with zero attached hydrogens (tertiary/aromatic N) is 3. The van der Waals surface area contributed by atoms with E-state index in [1.807, 2.05) is 0 Å². The van der Waals surface area contributed by atoms with Crippen molar-refractivity contribution in [3.05, 3.63) is 38.4 Å². The van der Waals surface area contributed by atoms with Crippen molar-refractivity contribution in [2.75, 3.05) is 4.72 Å². The predicted molar refractivity (Wildman–Crippen MR) is 79.8 cm³/mol. The molecule has 0 aromatic carbocycles. The second-order valence-electron chi connectivity index (χ2n) is 3.38. The average Bonchev–Trinajstić information content (AvgIpc) is 2.37. The first-order valence-electron chi connectivity index (χ1n) is 4.81. The Labute approximate surface area is 137 Å². The van der Waals surface area contributed by atoms with Crippen molar-refractivity contribution in [1.29, 1.82) is 0 Å². The van der Waals surface area contributed by atoms with Crippen LogP contribution in [0.4, 0.5) is 5.82 Å².